The van der Waals surface area contributed by atoms with E-state index in [0.717, 1.165) is 0 Å². The molecule has 0 N–H and O–H groups in total. The second-order valence-corrected chi connectivity index (χ2v) is 10.6. The monoisotopic (exact) mass is 298 g/mol. The first-order valence-corrected chi connectivity index (χ1v) is 8.87. The second-order valence-electron chi connectivity index (χ2n) is 4.97. The molecule has 0 unspecified atom stereocenters. The molecule has 0 aromatic carbocycles. The van der Waals surface area contributed by atoms with E-state index in [9.17, 15) is 26.3 Å². The van der Waals surface area contributed by atoms with E-state index in [-0.39, 0.29) is 6.61 Å². The number of hydrogen-bond acceptors (Lipinski definition) is 2. The summed E-state index contributed by atoms with van der Waals surface area (Å²) in [6, 6.07) is 0.638. The maximum absolute atomic E-state index is 12.0. The standard InChI is InChI=1S/C9H16F6O2Si/c1-18(2,3)5-4-16-6-17-7(8(10,11)12)9(13,14)15/h7H,4-6H2,1-3H3. The Morgan fingerprint density at radius 1 is 0.944 bits per heavy atom. The molecule has 0 heterocycles. The minimum atomic E-state index is -5.49. The molecule has 0 atom stereocenters. The summed E-state index contributed by atoms with van der Waals surface area (Å²) in [6.45, 7) is 5.09. The number of halogens is 6. The van der Waals surface area contributed by atoms with Crippen molar-refractivity contribution in [3.05, 3.63) is 0 Å². The van der Waals surface area contributed by atoms with E-state index >= 15 is 0 Å². The first-order valence-electron chi connectivity index (χ1n) is 5.17. The molecule has 0 radical (unpaired) electrons. The van der Waals surface area contributed by atoms with Gasteiger partial charge in [-0.15, -0.1) is 0 Å². The third-order valence-corrected chi connectivity index (χ3v) is 3.61. The third-order valence-electron chi connectivity index (χ3n) is 1.91. The molecule has 0 aromatic heterocycles. The lowest BCUT2D eigenvalue weighted by Gasteiger charge is -2.23. The van der Waals surface area contributed by atoms with Crippen LogP contribution in [0.15, 0.2) is 0 Å². The fourth-order valence-corrected chi connectivity index (χ4v) is 1.68. The van der Waals surface area contributed by atoms with Crippen molar-refractivity contribution < 1.29 is 35.8 Å². The molecular weight excluding hydrogens is 282 g/mol. The van der Waals surface area contributed by atoms with Crippen LogP contribution in [0.25, 0.3) is 0 Å². The van der Waals surface area contributed by atoms with E-state index in [2.05, 4.69) is 9.47 Å². The zero-order valence-electron chi connectivity index (χ0n) is 10.3. The van der Waals surface area contributed by atoms with Gasteiger partial charge in [0.25, 0.3) is 6.10 Å². The number of alkyl halides is 6. The van der Waals surface area contributed by atoms with Crippen LogP contribution < -0.4 is 0 Å². The summed E-state index contributed by atoms with van der Waals surface area (Å²) in [5.41, 5.74) is 0. The van der Waals surface area contributed by atoms with Gasteiger partial charge in [-0.3, -0.25) is 0 Å². The Kier molecular flexibility index (Phi) is 6.15. The van der Waals surface area contributed by atoms with Crippen LogP contribution in [-0.4, -0.2) is 39.9 Å². The van der Waals surface area contributed by atoms with E-state index in [1.165, 1.54) is 0 Å². The van der Waals surface area contributed by atoms with Crippen molar-refractivity contribution in [2.24, 2.45) is 0 Å². The van der Waals surface area contributed by atoms with Gasteiger partial charge >= 0.3 is 12.4 Å². The fraction of sp³-hybridized carbons (Fsp3) is 1.00. The summed E-state index contributed by atoms with van der Waals surface area (Å²) < 4.78 is 80.5. The van der Waals surface area contributed by atoms with Gasteiger partial charge in [0.1, 0.15) is 6.79 Å². The number of rotatable bonds is 6. The minimum Gasteiger partial charge on any atom is -0.356 e. The van der Waals surface area contributed by atoms with Crippen molar-refractivity contribution in [1.29, 1.82) is 0 Å². The molecule has 110 valence electrons. The van der Waals surface area contributed by atoms with E-state index in [0.29, 0.717) is 6.04 Å². The topological polar surface area (TPSA) is 18.5 Å². The van der Waals surface area contributed by atoms with Crippen LogP contribution in [0.4, 0.5) is 26.3 Å². The summed E-state index contributed by atoms with van der Waals surface area (Å²) >= 11 is 0. The quantitative estimate of drug-likeness (QED) is 0.321. The molecule has 0 fully saturated rings. The average Bonchev–Trinajstić information content (AvgIpc) is 2.04. The summed E-state index contributed by atoms with van der Waals surface area (Å²) in [5.74, 6) is 0. The predicted octanol–water partition coefficient (Wildman–Crippen LogP) is 3.81. The Morgan fingerprint density at radius 3 is 1.72 bits per heavy atom. The third kappa shape index (κ3) is 7.93. The SMILES string of the molecule is C[Si](C)(C)CCOCOC(C(F)(F)F)C(F)(F)F. The number of ether oxygens (including phenoxy) is 2. The van der Waals surface area contributed by atoms with Crippen molar-refractivity contribution in [2.75, 3.05) is 13.4 Å². The molecule has 0 amide bonds. The Bertz CT molecular complexity index is 231. The minimum absolute atomic E-state index is 0.0954. The molecule has 0 saturated heterocycles. The molecule has 2 nitrogen and oxygen atoms in total. The molecule has 0 aliphatic heterocycles. The highest BCUT2D eigenvalue weighted by Crippen LogP contribution is 2.35. The first-order chi connectivity index (χ1) is 7.84. The smallest absolute Gasteiger partial charge is 0.356 e. The first kappa shape index (κ1) is 17.7. The molecule has 0 bridgehead atoms. The summed E-state index contributed by atoms with van der Waals surface area (Å²) in [7, 11) is -1.43. The molecule has 0 saturated carbocycles. The zero-order chi connectivity index (χ0) is 14.6. The van der Waals surface area contributed by atoms with E-state index in [4.69, 9.17) is 0 Å². The Balaban J connectivity index is 4.08. The van der Waals surface area contributed by atoms with Crippen molar-refractivity contribution in [3.63, 3.8) is 0 Å². The largest absolute Gasteiger partial charge is 0.423 e. The average molecular weight is 298 g/mol. The van der Waals surface area contributed by atoms with Gasteiger partial charge in [-0.05, 0) is 6.04 Å². The lowest BCUT2D eigenvalue weighted by Crippen LogP contribution is -2.44. The van der Waals surface area contributed by atoms with Crippen molar-refractivity contribution in [3.8, 4) is 0 Å². The highest BCUT2D eigenvalue weighted by molar-refractivity contribution is 6.76. The summed E-state index contributed by atoms with van der Waals surface area (Å²) in [4.78, 5) is 0. The lowest BCUT2D eigenvalue weighted by atomic mass is 10.3. The van der Waals surface area contributed by atoms with Crippen LogP contribution in [0.5, 0.6) is 0 Å². The number of hydrogen-bond donors (Lipinski definition) is 0. The molecule has 0 aromatic rings. The van der Waals surface area contributed by atoms with Crippen LogP contribution in [0.2, 0.25) is 25.7 Å². The van der Waals surface area contributed by atoms with Crippen LogP contribution in [0, 0.1) is 0 Å². The van der Waals surface area contributed by atoms with Gasteiger partial charge in [-0.2, -0.15) is 26.3 Å². The fourth-order valence-electron chi connectivity index (χ4n) is 0.928. The molecule has 0 aliphatic rings. The van der Waals surface area contributed by atoms with Crippen LogP contribution in [0.1, 0.15) is 0 Å². The van der Waals surface area contributed by atoms with Crippen LogP contribution >= 0.6 is 0 Å². The van der Waals surface area contributed by atoms with Crippen molar-refractivity contribution in [1.82, 2.24) is 0 Å². The van der Waals surface area contributed by atoms with Gasteiger partial charge in [0.05, 0.1) is 0 Å². The molecule has 18 heavy (non-hydrogen) atoms. The summed E-state index contributed by atoms with van der Waals surface area (Å²) in [6.07, 6.45) is -14.8. The molecular formula is C9H16F6O2Si. The lowest BCUT2D eigenvalue weighted by molar-refractivity contribution is -0.335. The highest BCUT2D eigenvalue weighted by atomic mass is 28.3. The molecule has 0 spiro atoms. The van der Waals surface area contributed by atoms with Crippen molar-refractivity contribution in [2.45, 2.75) is 44.1 Å². The zero-order valence-corrected chi connectivity index (χ0v) is 11.3. The summed E-state index contributed by atoms with van der Waals surface area (Å²) in [5, 5.41) is 0. The Labute approximate surface area is 102 Å². The molecule has 0 rings (SSSR count). The second kappa shape index (κ2) is 6.24. The van der Waals surface area contributed by atoms with E-state index in [1.54, 1.807) is 0 Å². The maximum atomic E-state index is 12.0. The molecule has 9 heteroatoms. The van der Waals surface area contributed by atoms with Crippen LogP contribution in [-0.2, 0) is 9.47 Å². The van der Waals surface area contributed by atoms with Gasteiger partial charge in [-0.25, -0.2) is 0 Å². The van der Waals surface area contributed by atoms with Gasteiger partial charge in [-0.1, -0.05) is 19.6 Å². The predicted molar refractivity (Wildman–Crippen MR) is 56.0 cm³/mol. The van der Waals surface area contributed by atoms with Gasteiger partial charge < -0.3 is 9.47 Å². The van der Waals surface area contributed by atoms with E-state index < -0.39 is 33.3 Å². The Hall–Kier alpha value is -0.283. The highest BCUT2D eigenvalue weighted by Gasteiger charge is 2.58. The van der Waals surface area contributed by atoms with Gasteiger partial charge in [0.2, 0.25) is 0 Å². The van der Waals surface area contributed by atoms with Gasteiger partial charge in [0.15, 0.2) is 0 Å². The van der Waals surface area contributed by atoms with E-state index in [1.807, 2.05) is 19.6 Å². The molecule has 0 aliphatic carbocycles. The van der Waals surface area contributed by atoms with Crippen LogP contribution in [0.3, 0.4) is 0 Å². The van der Waals surface area contributed by atoms with Crippen molar-refractivity contribution >= 4 is 8.07 Å². The Morgan fingerprint density at radius 2 is 1.39 bits per heavy atom. The normalized spacial score (nSPS) is 14.3. The maximum Gasteiger partial charge on any atom is 0.423 e. The van der Waals surface area contributed by atoms with Gasteiger partial charge in [0, 0.05) is 14.7 Å².